The van der Waals surface area contributed by atoms with Crippen LogP contribution in [0.5, 0.6) is 0 Å². The highest BCUT2D eigenvalue weighted by Crippen LogP contribution is 2.39. The normalized spacial score (nSPS) is 11.2. The first-order valence-corrected chi connectivity index (χ1v) is 6.23. The fraction of sp³-hybridized carbons (Fsp3) is 0.300. The molecular formula is C10H7F3INS. The second-order valence-corrected chi connectivity index (χ2v) is 5.24. The molecule has 0 amide bonds. The van der Waals surface area contributed by atoms with E-state index in [0.717, 1.165) is 5.56 Å². The van der Waals surface area contributed by atoms with Crippen molar-refractivity contribution in [3.63, 3.8) is 0 Å². The van der Waals surface area contributed by atoms with Crippen LogP contribution in [0.1, 0.15) is 12.0 Å². The first-order chi connectivity index (χ1) is 7.42. The number of hydrogen-bond donors (Lipinski definition) is 0. The summed E-state index contributed by atoms with van der Waals surface area (Å²) in [5.74, 6) is 0. The molecule has 0 bridgehead atoms. The molecule has 0 aromatic heterocycles. The number of hydrogen-bond acceptors (Lipinski definition) is 2. The van der Waals surface area contributed by atoms with Crippen molar-refractivity contribution in [2.24, 2.45) is 0 Å². The minimum absolute atomic E-state index is 0.115. The molecule has 0 aliphatic rings. The van der Waals surface area contributed by atoms with Crippen LogP contribution in [0, 0.1) is 14.9 Å². The van der Waals surface area contributed by atoms with E-state index >= 15 is 0 Å². The lowest BCUT2D eigenvalue weighted by Gasteiger charge is -2.09. The predicted molar refractivity (Wildman–Crippen MR) is 65.0 cm³/mol. The highest BCUT2D eigenvalue weighted by Gasteiger charge is 2.30. The molecule has 0 aliphatic heterocycles. The maximum atomic E-state index is 12.2. The minimum atomic E-state index is -4.27. The van der Waals surface area contributed by atoms with Crippen molar-refractivity contribution in [1.29, 1.82) is 5.26 Å². The first kappa shape index (κ1) is 13.6. The van der Waals surface area contributed by atoms with E-state index in [9.17, 15) is 13.2 Å². The van der Waals surface area contributed by atoms with Crippen LogP contribution in [0.25, 0.3) is 0 Å². The van der Waals surface area contributed by atoms with Gasteiger partial charge in [0.1, 0.15) is 0 Å². The Morgan fingerprint density at radius 3 is 2.62 bits per heavy atom. The quantitative estimate of drug-likeness (QED) is 0.593. The fourth-order valence-corrected chi connectivity index (χ4v) is 2.40. The van der Waals surface area contributed by atoms with Crippen LogP contribution < -0.4 is 0 Å². The number of nitriles is 1. The summed E-state index contributed by atoms with van der Waals surface area (Å²) < 4.78 is 37.2. The number of benzene rings is 1. The summed E-state index contributed by atoms with van der Waals surface area (Å²) in [4.78, 5) is 0.198. The van der Waals surface area contributed by atoms with E-state index in [0.29, 0.717) is 16.4 Å². The Labute approximate surface area is 109 Å². The zero-order valence-corrected chi connectivity index (χ0v) is 11.0. The molecule has 0 unspecified atom stereocenters. The third-order valence-corrected chi connectivity index (χ3v) is 3.84. The number of halogens is 4. The van der Waals surface area contributed by atoms with Crippen LogP contribution in [0.2, 0.25) is 0 Å². The van der Waals surface area contributed by atoms with Gasteiger partial charge in [0.25, 0.3) is 0 Å². The smallest absolute Gasteiger partial charge is 0.198 e. The third kappa shape index (κ3) is 4.61. The van der Waals surface area contributed by atoms with Gasteiger partial charge in [-0.1, -0.05) is 6.07 Å². The van der Waals surface area contributed by atoms with Gasteiger partial charge in [0.15, 0.2) is 0 Å². The molecule has 16 heavy (non-hydrogen) atoms. The summed E-state index contributed by atoms with van der Waals surface area (Å²) in [6.45, 7) is 0. The molecule has 86 valence electrons. The summed E-state index contributed by atoms with van der Waals surface area (Å²) in [7, 11) is 0. The lowest BCUT2D eigenvalue weighted by atomic mass is 10.1. The van der Waals surface area contributed by atoms with E-state index < -0.39 is 5.51 Å². The molecule has 0 atom stereocenters. The van der Waals surface area contributed by atoms with Crippen molar-refractivity contribution < 1.29 is 13.2 Å². The molecular weight excluding hydrogens is 350 g/mol. The zero-order valence-electron chi connectivity index (χ0n) is 8.01. The molecule has 0 fully saturated rings. The largest absolute Gasteiger partial charge is 0.446 e. The second-order valence-electron chi connectivity index (χ2n) is 2.97. The molecule has 0 radical (unpaired) electrons. The standard InChI is InChI=1S/C10H7F3INS/c11-10(12,13)16-9-6-7(2-1-5-15)3-4-8(9)14/h3-4,6H,1-2H2. The number of thioether (sulfide) groups is 1. The van der Waals surface area contributed by atoms with Gasteiger partial charge in [-0.25, -0.2) is 0 Å². The van der Waals surface area contributed by atoms with Crippen LogP contribution in [-0.4, -0.2) is 5.51 Å². The van der Waals surface area contributed by atoms with Gasteiger partial charge in [-0.2, -0.15) is 18.4 Å². The van der Waals surface area contributed by atoms with Crippen LogP contribution in [0.4, 0.5) is 13.2 Å². The first-order valence-electron chi connectivity index (χ1n) is 4.33. The SMILES string of the molecule is N#CCCc1ccc(I)c(SC(F)(F)F)c1. The maximum absolute atomic E-state index is 12.2. The average molecular weight is 357 g/mol. The van der Waals surface area contributed by atoms with Crippen molar-refractivity contribution in [3.05, 3.63) is 27.3 Å². The molecule has 1 rings (SSSR count). The maximum Gasteiger partial charge on any atom is 0.446 e. The molecule has 0 saturated heterocycles. The summed E-state index contributed by atoms with van der Waals surface area (Å²) in [6.07, 6.45) is 0.801. The summed E-state index contributed by atoms with van der Waals surface area (Å²) in [6, 6.07) is 6.85. The topological polar surface area (TPSA) is 23.8 Å². The van der Waals surface area contributed by atoms with Gasteiger partial charge in [-0.3, -0.25) is 0 Å². The molecule has 0 saturated carbocycles. The van der Waals surface area contributed by atoms with Gasteiger partial charge in [-0.05, 0) is 58.5 Å². The van der Waals surface area contributed by atoms with E-state index in [4.69, 9.17) is 5.26 Å². The lowest BCUT2D eigenvalue weighted by molar-refractivity contribution is -0.0328. The molecule has 1 aromatic rings. The van der Waals surface area contributed by atoms with Gasteiger partial charge in [0, 0.05) is 14.9 Å². The Balaban J connectivity index is 2.87. The van der Waals surface area contributed by atoms with E-state index in [1.165, 1.54) is 6.07 Å². The Hall–Kier alpha value is -0.420. The molecule has 0 spiro atoms. The second kappa shape index (κ2) is 5.77. The van der Waals surface area contributed by atoms with Crippen LogP contribution in [0.3, 0.4) is 0 Å². The number of rotatable bonds is 3. The fourth-order valence-electron chi connectivity index (χ4n) is 1.11. The van der Waals surface area contributed by atoms with Crippen LogP contribution in [-0.2, 0) is 6.42 Å². The lowest BCUT2D eigenvalue weighted by Crippen LogP contribution is -2.00. The molecule has 1 aromatic carbocycles. The summed E-state index contributed by atoms with van der Waals surface area (Å²) in [5, 5.41) is 8.40. The van der Waals surface area contributed by atoms with Crippen LogP contribution in [0.15, 0.2) is 23.1 Å². The van der Waals surface area contributed by atoms with Gasteiger partial charge < -0.3 is 0 Å². The monoisotopic (exact) mass is 357 g/mol. The zero-order chi connectivity index (χ0) is 12.2. The highest BCUT2D eigenvalue weighted by molar-refractivity contribution is 14.1. The average Bonchev–Trinajstić information content (AvgIpc) is 2.17. The van der Waals surface area contributed by atoms with Crippen molar-refractivity contribution >= 4 is 34.4 Å². The van der Waals surface area contributed by atoms with Crippen molar-refractivity contribution in [3.8, 4) is 6.07 Å². The molecule has 0 aliphatic carbocycles. The van der Waals surface area contributed by atoms with Crippen molar-refractivity contribution in [2.45, 2.75) is 23.2 Å². The van der Waals surface area contributed by atoms with Gasteiger partial charge in [-0.15, -0.1) is 0 Å². The highest BCUT2D eigenvalue weighted by atomic mass is 127. The van der Waals surface area contributed by atoms with E-state index in [1.807, 2.05) is 28.7 Å². The predicted octanol–water partition coefficient (Wildman–Crippen LogP) is 4.36. The van der Waals surface area contributed by atoms with Crippen molar-refractivity contribution in [1.82, 2.24) is 0 Å². The van der Waals surface area contributed by atoms with E-state index in [2.05, 4.69) is 0 Å². The molecule has 0 N–H and O–H groups in total. The molecule has 0 heterocycles. The molecule has 6 heteroatoms. The van der Waals surface area contributed by atoms with Gasteiger partial charge >= 0.3 is 5.51 Å². The Morgan fingerprint density at radius 2 is 2.06 bits per heavy atom. The van der Waals surface area contributed by atoms with E-state index in [-0.39, 0.29) is 16.7 Å². The Kier molecular flexibility index (Phi) is 4.92. The number of aryl methyl sites for hydroxylation is 1. The third-order valence-electron chi connectivity index (χ3n) is 1.75. The van der Waals surface area contributed by atoms with Crippen molar-refractivity contribution in [2.75, 3.05) is 0 Å². The Bertz CT molecular complexity index is 412. The van der Waals surface area contributed by atoms with Gasteiger partial charge in [0.05, 0.1) is 6.07 Å². The number of nitrogens with zero attached hydrogens (tertiary/aromatic N) is 1. The Morgan fingerprint density at radius 1 is 1.38 bits per heavy atom. The summed E-state index contributed by atoms with van der Waals surface area (Å²) >= 11 is 1.75. The minimum Gasteiger partial charge on any atom is -0.198 e. The summed E-state index contributed by atoms with van der Waals surface area (Å²) in [5.41, 5.74) is -3.51. The van der Waals surface area contributed by atoms with E-state index in [1.54, 1.807) is 12.1 Å². The number of alkyl halides is 3. The van der Waals surface area contributed by atoms with Gasteiger partial charge in [0.2, 0.25) is 0 Å². The molecule has 1 nitrogen and oxygen atoms in total. The van der Waals surface area contributed by atoms with Crippen LogP contribution >= 0.6 is 34.4 Å².